The molecule has 1 aliphatic rings. The van der Waals surface area contributed by atoms with E-state index in [1.807, 2.05) is 41.1 Å². The van der Waals surface area contributed by atoms with Crippen LogP contribution < -0.4 is 0 Å². The number of hydrogen-bond acceptors (Lipinski definition) is 4. The van der Waals surface area contributed by atoms with Gasteiger partial charge in [-0.3, -0.25) is 0 Å². The van der Waals surface area contributed by atoms with E-state index in [9.17, 15) is 5.11 Å². The highest BCUT2D eigenvalue weighted by Gasteiger charge is 2.17. The van der Waals surface area contributed by atoms with E-state index >= 15 is 0 Å². The molecule has 2 aromatic heterocycles. The molecule has 0 spiro atoms. The molecule has 1 atom stereocenters. The number of aliphatic hydroxyl groups excluding tert-OH is 1. The number of benzene rings is 1. The van der Waals surface area contributed by atoms with Gasteiger partial charge in [-0.1, -0.05) is 17.0 Å². The van der Waals surface area contributed by atoms with Crippen LogP contribution in [0.3, 0.4) is 0 Å². The summed E-state index contributed by atoms with van der Waals surface area (Å²) >= 11 is 0. The molecule has 1 N–H and O–H groups in total. The lowest BCUT2D eigenvalue weighted by atomic mass is 10.1. The van der Waals surface area contributed by atoms with Gasteiger partial charge < -0.3 is 14.2 Å². The fraction of sp³-hybridized carbons (Fsp3) is 0.300. The van der Waals surface area contributed by atoms with Gasteiger partial charge >= 0.3 is 0 Å². The number of rotatable bonds is 4. The van der Waals surface area contributed by atoms with Crippen LogP contribution in [0.15, 0.2) is 47.2 Å². The van der Waals surface area contributed by atoms with Crippen LogP contribution >= 0.6 is 0 Å². The van der Waals surface area contributed by atoms with Crippen molar-refractivity contribution >= 4 is 0 Å². The molecule has 1 aliphatic carbocycles. The first-order chi connectivity index (χ1) is 12.2. The van der Waals surface area contributed by atoms with Crippen molar-refractivity contribution in [1.82, 2.24) is 14.7 Å². The maximum absolute atomic E-state index is 9.72. The van der Waals surface area contributed by atoms with E-state index in [0.717, 1.165) is 22.6 Å². The van der Waals surface area contributed by atoms with E-state index in [4.69, 9.17) is 4.52 Å². The van der Waals surface area contributed by atoms with Crippen molar-refractivity contribution in [2.75, 3.05) is 0 Å². The summed E-state index contributed by atoms with van der Waals surface area (Å²) in [6.45, 7) is 2.20. The summed E-state index contributed by atoms with van der Waals surface area (Å²) in [4.78, 5) is 4.16. The molecule has 1 unspecified atom stereocenters. The first-order valence-corrected chi connectivity index (χ1v) is 8.46. The lowest BCUT2D eigenvalue weighted by Gasteiger charge is -2.07. The molecule has 1 aromatic carbocycles. The number of hydrogen-bond donors (Lipinski definition) is 1. The standard InChI is InChI=1S/C20H19N3O2/c1-14(24)20-21-10-11-23(20)13-18-12-19(25-22-18)17-8-6-16(7-9-17)5-4-15-2-3-15/h6-12,14-15,24H,2-3,13H2,1H3. The fourth-order valence-corrected chi connectivity index (χ4v) is 2.65. The van der Waals surface area contributed by atoms with Crippen LogP contribution in [0.2, 0.25) is 0 Å². The highest BCUT2D eigenvalue weighted by atomic mass is 16.5. The topological polar surface area (TPSA) is 64.1 Å². The van der Waals surface area contributed by atoms with Gasteiger partial charge in [-0.2, -0.15) is 0 Å². The molecule has 5 nitrogen and oxygen atoms in total. The highest BCUT2D eigenvalue weighted by Crippen LogP contribution is 2.27. The van der Waals surface area contributed by atoms with Crippen LogP contribution in [0, 0.1) is 17.8 Å². The van der Waals surface area contributed by atoms with E-state index in [0.29, 0.717) is 18.3 Å². The van der Waals surface area contributed by atoms with Crippen molar-refractivity contribution in [3.63, 3.8) is 0 Å². The predicted molar refractivity (Wildman–Crippen MR) is 93.5 cm³/mol. The molecule has 1 fully saturated rings. The molecule has 0 amide bonds. The smallest absolute Gasteiger partial charge is 0.167 e. The Labute approximate surface area is 146 Å². The second-order valence-corrected chi connectivity index (χ2v) is 6.39. The van der Waals surface area contributed by atoms with E-state index in [-0.39, 0.29) is 0 Å². The van der Waals surface area contributed by atoms with Gasteiger partial charge in [0, 0.05) is 35.5 Å². The molecule has 0 bridgehead atoms. The third kappa shape index (κ3) is 3.65. The molecule has 0 aliphatic heterocycles. The maximum Gasteiger partial charge on any atom is 0.167 e. The SMILES string of the molecule is CC(O)c1nccn1Cc1cc(-c2ccc(C#CC3CC3)cc2)on1. The third-order valence-electron chi connectivity index (χ3n) is 4.18. The molecule has 0 radical (unpaired) electrons. The molecule has 0 saturated heterocycles. The summed E-state index contributed by atoms with van der Waals surface area (Å²) in [6.07, 6.45) is 5.35. The van der Waals surface area contributed by atoms with Gasteiger partial charge in [0.15, 0.2) is 5.76 Å². The van der Waals surface area contributed by atoms with Crippen LogP contribution in [0.25, 0.3) is 11.3 Å². The zero-order chi connectivity index (χ0) is 17.2. The number of aliphatic hydroxyl groups is 1. The van der Waals surface area contributed by atoms with Gasteiger partial charge in [0.2, 0.25) is 0 Å². The zero-order valence-corrected chi connectivity index (χ0v) is 14.0. The van der Waals surface area contributed by atoms with E-state index in [1.54, 1.807) is 13.1 Å². The molecule has 1 saturated carbocycles. The molecule has 4 rings (SSSR count). The second kappa shape index (κ2) is 6.58. The van der Waals surface area contributed by atoms with Crippen LogP contribution in [0.4, 0.5) is 0 Å². The lowest BCUT2D eigenvalue weighted by molar-refractivity contribution is 0.184. The molecule has 3 aromatic rings. The van der Waals surface area contributed by atoms with Gasteiger partial charge in [0.25, 0.3) is 0 Å². The summed E-state index contributed by atoms with van der Waals surface area (Å²) in [7, 11) is 0. The van der Waals surface area contributed by atoms with Crippen molar-refractivity contribution in [3.05, 3.63) is 59.8 Å². The Morgan fingerprint density at radius 3 is 2.84 bits per heavy atom. The Morgan fingerprint density at radius 2 is 2.12 bits per heavy atom. The summed E-state index contributed by atoms with van der Waals surface area (Å²) in [5.74, 6) is 8.40. The minimum absolute atomic E-state index is 0.509. The summed E-state index contributed by atoms with van der Waals surface area (Å²) in [5.41, 5.74) is 2.78. The van der Waals surface area contributed by atoms with Gasteiger partial charge in [-0.25, -0.2) is 4.98 Å². The average Bonchev–Trinajstić information content (AvgIpc) is 3.13. The van der Waals surface area contributed by atoms with Crippen molar-refractivity contribution in [2.45, 2.75) is 32.4 Å². The third-order valence-corrected chi connectivity index (χ3v) is 4.18. The summed E-state index contributed by atoms with van der Waals surface area (Å²) in [5, 5.41) is 13.8. The highest BCUT2D eigenvalue weighted by molar-refractivity contribution is 5.59. The lowest BCUT2D eigenvalue weighted by Crippen LogP contribution is -2.07. The molecule has 25 heavy (non-hydrogen) atoms. The normalized spacial score (nSPS) is 14.8. The van der Waals surface area contributed by atoms with Gasteiger partial charge in [-0.05, 0) is 44.0 Å². The number of aromatic nitrogens is 3. The zero-order valence-electron chi connectivity index (χ0n) is 14.0. The van der Waals surface area contributed by atoms with Gasteiger partial charge in [0.05, 0.1) is 6.54 Å². The van der Waals surface area contributed by atoms with E-state index < -0.39 is 6.10 Å². The van der Waals surface area contributed by atoms with Gasteiger partial charge in [-0.15, -0.1) is 0 Å². The van der Waals surface area contributed by atoms with Gasteiger partial charge in [0.1, 0.15) is 17.6 Å². The molecule has 2 heterocycles. The van der Waals surface area contributed by atoms with Crippen LogP contribution in [-0.4, -0.2) is 19.8 Å². The molecular formula is C20H19N3O2. The molecule has 5 heteroatoms. The second-order valence-electron chi connectivity index (χ2n) is 6.39. The molecular weight excluding hydrogens is 314 g/mol. The Bertz CT molecular complexity index is 922. The van der Waals surface area contributed by atoms with Crippen LogP contribution in [0.5, 0.6) is 0 Å². The Kier molecular flexibility index (Phi) is 4.12. The quantitative estimate of drug-likeness (QED) is 0.743. The largest absolute Gasteiger partial charge is 0.385 e. The Balaban J connectivity index is 1.49. The van der Waals surface area contributed by atoms with E-state index in [1.165, 1.54) is 12.8 Å². The number of nitrogens with zero attached hydrogens (tertiary/aromatic N) is 3. The predicted octanol–water partition coefficient (Wildman–Crippen LogP) is 3.40. The van der Waals surface area contributed by atoms with Crippen molar-refractivity contribution < 1.29 is 9.63 Å². The average molecular weight is 333 g/mol. The Morgan fingerprint density at radius 1 is 1.32 bits per heavy atom. The molecule has 126 valence electrons. The fourth-order valence-electron chi connectivity index (χ4n) is 2.65. The van der Waals surface area contributed by atoms with Crippen molar-refractivity contribution in [1.29, 1.82) is 0 Å². The number of imidazole rings is 1. The minimum atomic E-state index is -0.620. The summed E-state index contributed by atoms with van der Waals surface area (Å²) in [6, 6.07) is 9.93. The summed E-state index contributed by atoms with van der Waals surface area (Å²) < 4.78 is 7.33. The minimum Gasteiger partial charge on any atom is -0.385 e. The van der Waals surface area contributed by atoms with Crippen molar-refractivity contribution in [3.8, 4) is 23.2 Å². The van der Waals surface area contributed by atoms with E-state index in [2.05, 4.69) is 22.0 Å². The van der Waals surface area contributed by atoms with Crippen molar-refractivity contribution in [2.24, 2.45) is 5.92 Å². The first-order valence-electron chi connectivity index (χ1n) is 8.46. The first kappa shape index (κ1) is 15.7. The van der Waals surface area contributed by atoms with Crippen LogP contribution in [0.1, 0.15) is 43.0 Å². The Hall–Kier alpha value is -2.84. The van der Waals surface area contributed by atoms with Crippen LogP contribution in [-0.2, 0) is 6.54 Å². The maximum atomic E-state index is 9.72. The monoisotopic (exact) mass is 333 g/mol.